The summed E-state index contributed by atoms with van der Waals surface area (Å²) in [6, 6.07) is 4.17. The van der Waals surface area contributed by atoms with E-state index in [-0.39, 0.29) is 29.9 Å². The van der Waals surface area contributed by atoms with Crippen LogP contribution in [-0.4, -0.2) is 57.8 Å². The molecule has 0 spiro atoms. The van der Waals surface area contributed by atoms with Crippen molar-refractivity contribution in [2.75, 3.05) is 13.1 Å². The number of nitrogens with one attached hydrogen (secondary N) is 1. The lowest BCUT2D eigenvalue weighted by Crippen LogP contribution is -2.59. The molecule has 3 rings (SSSR count). The highest BCUT2D eigenvalue weighted by molar-refractivity contribution is 5.83. The summed E-state index contributed by atoms with van der Waals surface area (Å²) in [6.45, 7) is 8.09. The number of piperazine rings is 1. The van der Waals surface area contributed by atoms with Crippen molar-refractivity contribution in [2.45, 2.75) is 58.3 Å². The predicted molar refractivity (Wildman–Crippen MR) is 95.6 cm³/mol. The van der Waals surface area contributed by atoms with E-state index in [4.69, 9.17) is 0 Å². The van der Waals surface area contributed by atoms with Gasteiger partial charge in [-0.25, -0.2) is 0 Å². The molecular weight excluding hydrogens is 316 g/mol. The number of nitrogens with zero attached hydrogens (tertiary/aromatic N) is 3. The van der Waals surface area contributed by atoms with Crippen molar-refractivity contribution in [1.82, 2.24) is 20.1 Å². The Bertz CT molecular complexity index is 619. The van der Waals surface area contributed by atoms with Gasteiger partial charge in [0, 0.05) is 51.0 Å². The monoisotopic (exact) mass is 344 g/mol. The molecule has 2 aliphatic rings. The third kappa shape index (κ3) is 4.18. The zero-order chi connectivity index (χ0) is 18.0. The van der Waals surface area contributed by atoms with Crippen LogP contribution in [0.3, 0.4) is 0 Å². The van der Waals surface area contributed by atoms with Crippen molar-refractivity contribution >= 4 is 11.8 Å². The van der Waals surface area contributed by atoms with Crippen molar-refractivity contribution in [2.24, 2.45) is 5.92 Å². The SMILES string of the molecule is CC(=O)N[C@H]1C[C@H]2CN(Cc3cccnc3)[C@@H](CC(C)C)C(=O)N2C1. The zero-order valence-electron chi connectivity index (χ0n) is 15.3. The first-order valence-corrected chi connectivity index (χ1v) is 9.14. The Morgan fingerprint density at radius 3 is 2.84 bits per heavy atom. The van der Waals surface area contributed by atoms with Crippen LogP contribution in [0.5, 0.6) is 0 Å². The molecule has 6 nitrogen and oxygen atoms in total. The van der Waals surface area contributed by atoms with Gasteiger partial charge in [-0.05, 0) is 30.4 Å². The molecule has 136 valence electrons. The molecular formula is C19H28N4O2. The summed E-state index contributed by atoms with van der Waals surface area (Å²) in [7, 11) is 0. The fraction of sp³-hybridized carbons (Fsp3) is 0.632. The summed E-state index contributed by atoms with van der Waals surface area (Å²) >= 11 is 0. The lowest BCUT2D eigenvalue weighted by Gasteiger charge is -2.43. The summed E-state index contributed by atoms with van der Waals surface area (Å²) in [5.41, 5.74) is 1.13. The molecule has 2 aliphatic heterocycles. The molecule has 0 saturated carbocycles. The number of aromatic nitrogens is 1. The van der Waals surface area contributed by atoms with Crippen molar-refractivity contribution < 1.29 is 9.59 Å². The number of hydrogen-bond donors (Lipinski definition) is 1. The summed E-state index contributed by atoms with van der Waals surface area (Å²) in [5, 5.41) is 2.98. The lowest BCUT2D eigenvalue weighted by molar-refractivity contribution is -0.145. The average Bonchev–Trinajstić information content (AvgIpc) is 2.93. The van der Waals surface area contributed by atoms with E-state index in [0.717, 1.165) is 31.5 Å². The zero-order valence-corrected chi connectivity index (χ0v) is 15.3. The maximum Gasteiger partial charge on any atom is 0.240 e. The van der Waals surface area contributed by atoms with E-state index in [1.807, 2.05) is 17.2 Å². The Balaban J connectivity index is 1.77. The topological polar surface area (TPSA) is 65.5 Å². The summed E-state index contributed by atoms with van der Waals surface area (Å²) in [6.07, 6.45) is 5.33. The van der Waals surface area contributed by atoms with Crippen molar-refractivity contribution in [1.29, 1.82) is 0 Å². The van der Waals surface area contributed by atoms with E-state index in [0.29, 0.717) is 12.5 Å². The van der Waals surface area contributed by atoms with Crippen LogP contribution in [0, 0.1) is 5.92 Å². The van der Waals surface area contributed by atoms with Gasteiger partial charge in [-0.3, -0.25) is 19.5 Å². The minimum atomic E-state index is -0.0902. The first-order chi connectivity index (χ1) is 11.9. The minimum Gasteiger partial charge on any atom is -0.352 e. The number of fused-ring (bicyclic) bond motifs is 1. The first-order valence-electron chi connectivity index (χ1n) is 9.14. The average molecular weight is 344 g/mol. The molecule has 0 aliphatic carbocycles. The molecule has 25 heavy (non-hydrogen) atoms. The lowest BCUT2D eigenvalue weighted by atomic mass is 9.96. The molecule has 0 unspecified atom stereocenters. The molecule has 0 aromatic carbocycles. The Labute approximate surface area is 149 Å². The van der Waals surface area contributed by atoms with E-state index in [9.17, 15) is 9.59 Å². The maximum absolute atomic E-state index is 13.1. The maximum atomic E-state index is 13.1. The quantitative estimate of drug-likeness (QED) is 0.877. The highest BCUT2D eigenvalue weighted by Crippen LogP contribution is 2.29. The minimum absolute atomic E-state index is 0.0248. The van der Waals surface area contributed by atoms with Crippen LogP contribution < -0.4 is 5.32 Å². The van der Waals surface area contributed by atoms with Crippen molar-refractivity contribution in [3.8, 4) is 0 Å². The second kappa shape index (κ2) is 7.52. The molecule has 3 heterocycles. The summed E-state index contributed by atoms with van der Waals surface area (Å²) in [5.74, 6) is 0.639. The third-order valence-corrected chi connectivity index (χ3v) is 5.08. The summed E-state index contributed by atoms with van der Waals surface area (Å²) < 4.78 is 0. The van der Waals surface area contributed by atoms with E-state index < -0.39 is 0 Å². The van der Waals surface area contributed by atoms with Gasteiger partial charge in [-0.15, -0.1) is 0 Å². The Morgan fingerprint density at radius 2 is 2.20 bits per heavy atom. The first kappa shape index (κ1) is 17.9. The van der Waals surface area contributed by atoms with Gasteiger partial charge in [-0.1, -0.05) is 19.9 Å². The van der Waals surface area contributed by atoms with Gasteiger partial charge in [-0.2, -0.15) is 0 Å². The molecule has 0 radical (unpaired) electrons. The van der Waals surface area contributed by atoms with Gasteiger partial charge in [0.15, 0.2) is 0 Å². The van der Waals surface area contributed by atoms with Gasteiger partial charge in [0.1, 0.15) is 0 Å². The van der Waals surface area contributed by atoms with E-state index in [2.05, 4.69) is 35.1 Å². The molecule has 1 N–H and O–H groups in total. The van der Waals surface area contributed by atoms with Gasteiger partial charge < -0.3 is 10.2 Å². The molecule has 3 atom stereocenters. The van der Waals surface area contributed by atoms with E-state index >= 15 is 0 Å². The number of hydrogen-bond acceptors (Lipinski definition) is 4. The molecule has 6 heteroatoms. The number of pyridine rings is 1. The van der Waals surface area contributed by atoms with E-state index in [1.54, 1.807) is 6.20 Å². The van der Waals surface area contributed by atoms with Crippen LogP contribution in [0.4, 0.5) is 0 Å². The molecule has 1 aromatic rings. The van der Waals surface area contributed by atoms with Crippen molar-refractivity contribution in [3.63, 3.8) is 0 Å². The molecule has 1 aromatic heterocycles. The van der Waals surface area contributed by atoms with Crippen LogP contribution in [0.1, 0.15) is 39.2 Å². The molecule has 0 bridgehead atoms. The predicted octanol–water partition coefficient (Wildman–Crippen LogP) is 1.42. The Kier molecular flexibility index (Phi) is 5.37. The molecule has 2 amide bonds. The van der Waals surface area contributed by atoms with Crippen LogP contribution in [0.15, 0.2) is 24.5 Å². The van der Waals surface area contributed by atoms with Crippen molar-refractivity contribution in [3.05, 3.63) is 30.1 Å². The van der Waals surface area contributed by atoms with Crippen LogP contribution >= 0.6 is 0 Å². The fourth-order valence-electron chi connectivity index (χ4n) is 4.09. The number of carbonyl (C=O) groups excluding carboxylic acids is 2. The second-order valence-electron chi connectivity index (χ2n) is 7.71. The number of amides is 2. The van der Waals surface area contributed by atoms with Crippen LogP contribution in [0.2, 0.25) is 0 Å². The number of rotatable bonds is 5. The normalized spacial score (nSPS) is 26.8. The van der Waals surface area contributed by atoms with Crippen LogP contribution in [0.25, 0.3) is 0 Å². The number of carbonyl (C=O) groups is 2. The highest BCUT2D eigenvalue weighted by atomic mass is 16.2. The highest BCUT2D eigenvalue weighted by Gasteiger charge is 2.45. The van der Waals surface area contributed by atoms with Gasteiger partial charge in [0.05, 0.1) is 6.04 Å². The fourth-order valence-corrected chi connectivity index (χ4v) is 4.09. The Morgan fingerprint density at radius 1 is 1.40 bits per heavy atom. The molecule has 2 saturated heterocycles. The van der Waals surface area contributed by atoms with Gasteiger partial charge in [0.25, 0.3) is 0 Å². The summed E-state index contributed by atoms with van der Waals surface area (Å²) in [4.78, 5) is 33.0. The molecule has 2 fully saturated rings. The van der Waals surface area contributed by atoms with Gasteiger partial charge in [0.2, 0.25) is 11.8 Å². The second-order valence-corrected chi connectivity index (χ2v) is 7.71. The largest absolute Gasteiger partial charge is 0.352 e. The van der Waals surface area contributed by atoms with Crippen LogP contribution in [-0.2, 0) is 16.1 Å². The third-order valence-electron chi connectivity index (χ3n) is 5.08. The Hall–Kier alpha value is -1.95. The smallest absolute Gasteiger partial charge is 0.240 e. The van der Waals surface area contributed by atoms with Gasteiger partial charge >= 0.3 is 0 Å². The standard InChI is InChI=1S/C19H28N4O2/c1-13(2)7-18-19(25)23-11-16(21-14(3)24)8-17(23)12-22(18)10-15-5-4-6-20-9-15/h4-6,9,13,16-18H,7-8,10-12H2,1-3H3,(H,21,24)/t16-,17-,18-/m0/s1. The van der Waals surface area contributed by atoms with E-state index in [1.165, 1.54) is 6.92 Å².